The van der Waals surface area contributed by atoms with Crippen molar-refractivity contribution in [1.29, 1.82) is 0 Å². The van der Waals surface area contributed by atoms with E-state index in [-0.39, 0.29) is 0 Å². The van der Waals surface area contributed by atoms with Crippen LogP contribution in [0.4, 0.5) is 11.4 Å². The molecule has 1 aliphatic rings. The zero-order valence-corrected chi connectivity index (χ0v) is 11.5. The highest BCUT2D eigenvalue weighted by atomic mass is 16.7. The minimum Gasteiger partial charge on any atom is -0.289 e. The van der Waals surface area contributed by atoms with Gasteiger partial charge < -0.3 is 0 Å². The number of hydrazine groups is 2. The van der Waals surface area contributed by atoms with Crippen LogP contribution in [0.3, 0.4) is 0 Å². The highest BCUT2D eigenvalue weighted by molar-refractivity contribution is 5.76. The molecular formula is C12H20N5O+. The van der Waals surface area contributed by atoms with Crippen LogP contribution in [-0.4, -0.2) is 50.7 Å². The van der Waals surface area contributed by atoms with Gasteiger partial charge in [-0.05, 0) is 12.1 Å². The number of fused-ring (bicyclic) bond motifs is 1. The molecule has 1 N–H and O–H groups in total. The van der Waals surface area contributed by atoms with Crippen LogP contribution in [0.15, 0.2) is 24.3 Å². The Morgan fingerprint density at radius 3 is 2.39 bits per heavy atom. The molecule has 2 rings (SSSR count). The van der Waals surface area contributed by atoms with Crippen molar-refractivity contribution >= 4 is 17.4 Å². The van der Waals surface area contributed by atoms with E-state index in [1.165, 1.54) is 0 Å². The highest BCUT2D eigenvalue weighted by Crippen LogP contribution is 2.31. The molecule has 6 nitrogen and oxygen atoms in total. The molecule has 0 amide bonds. The SMILES string of the molecule is CN(C)C(ON1NN(C)c2ccccc21)=[N+](C)C. The summed E-state index contributed by atoms with van der Waals surface area (Å²) in [4.78, 5) is 7.80. The van der Waals surface area contributed by atoms with E-state index >= 15 is 0 Å². The van der Waals surface area contributed by atoms with Crippen LogP contribution < -0.4 is 15.7 Å². The summed E-state index contributed by atoms with van der Waals surface area (Å²) in [5, 5.41) is 3.57. The topological polar surface area (TPSA) is 34.0 Å². The van der Waals surface area contributed by atoms with Gasteiger partial charge in [0, 0.05) is 7.05 Å². The number of rotatable bonds is 1. The third kappa shape index (κ3) is 2.19. The predicted molar refractivity (Wildman–Crippen MR) is 72.3 cm³/mol. The van der Waals surface area contributed by atoms with E-state index in [0.29, 0.717) is 0 Å². The van der Waals surface area contributed by atoms with E-state index in [1.54, 1.807) is 5.17 Å². The van der Waals surface area contributed by atoms with Gasteiger partial charge in [-0.1, -0.05) is 12.1 Å². The van der Waals surface area contributed by atoms with E-state index in [4.69, 9.17) is 4.84 Å². The summed E-state index contributed by atoms with van der Waals surface area (Å²) >= 11 is 0. The zero-order chi connectivity index (χ0) is 13.3. The van der Waals surface area contributed by atoms with E-state index < -0.39 is 0 Å². The molecule has 6 heteroatoms. The van der Waals surface area contributed by atoms with Crippen LogP contribution >= 0.6 is 0 Å². The highest BCUT2D eigenvalue weighted by Gasteiger charge is 2.28. The third-order valence-electron chi connectivity index (χ3n) is 2.64. The van der Waals surface area contributed by atoms with Gasteiger partial charge in [0.15, 0.2) is 0 Å². The summed E-state index contributed by atoms with van der Waals surface area (Å²) in [7, 11) is 9.73. The lowest BCUT2D eigenvalue weighted by molar-refractivity contribution is -0.481. The number of hydrogen-bond donors (Lipinski definition) is 1. The molecule has 0 aliphatic carbocycles. The summed E-state index contributed by atoms with van der Waals surface area (Å²) in [5.41, 5.74) is 5.20. The number of hydrogen-bond acceptors (Lipinski definition) is 4. The smallest absolute Gasteiger partial charge is 0.289 e. The standard InChI is InChI=1S/C12H20N5O/c1-14(2)12(15(3)4)18-17-11-9-7-6-8-10(11)16(5)13-17/h6-9,13H,1-5H3/q+1. The molecular weight excluding hydrogens is 230 g/mol. The summed E-state index contributed by atoms with van der Waals surface area (Å²) in [6.45, 7) is 0. The number of amidine groups is 1. The van der Waals surface area contributed by atoms with Crippen LogP contribution in [0.2, 0.25) is 0 Å². The molecule has 1 aromatic rings. The molecule has 0 spiro atoms. The monoisotopic (exact) mass is 250 g/mol. The van der Waals surface area contributed by atoms with Crippen molar-refractivity contribution in [2.24, 2.45) is 0 Å². The second-order valence-electron chi connectivity index (χ2n) is 4.60. The number of nitrogens with zero attached hydrogens (tertiary/aromatic N) is 4. The van der Waals surface area contributed by atoms with Crippen LogP contribution in [-0.2, 0) is 4.84 Å². The van der Waals surface area contributed by atoms with E-state index in [0.717, 1.165) is 17.4 Å². The average molecular weight is 250 g/mol. The largest absolute Gasteiger partial charge is 0.471 e. The van der Waals surface area contributed by atoms with E-state index in [9.17, 15) is 0 Å². The van der Waals surface area contributed by atoms with Crippen molar-refractivity contribution in [2.45, 2.75) is 0 Å². The van der Waals surface area contributed by atoms with Gasteiger partial charge in [0.2, 0.25) is 0 Å². The number of para-hydroxylation sites is 2. The van der Waals surface area contributed by atoms with Gasteiger partial charge in [0.1, 0.15) is 5.69 Å². The summed E-state index contributed by atoms with van der Waals surface area (Å²) < 4.78 is 1.92. The maximum absolute atomic E-state index is 5.88. The Kier molecular flexibility index (Phi) is 3.29. The quantitative estimate of drug-likeness (QED) is 0.445. The molecule has 0 fully saturated rings. The third-order valence-corrected chi connectivity index (χ3v) is 2.64. The van der Waals surface area contributed by atoms with E-state index in [1.807, 2.05) is 74.0 Å². The van der Waals surface area contributed by atoms with Crippen LogP contribution in [0.1, 0.15) is 0 Å². The van der Waals surface area contributed by atoms with Crippen molar-refractivity contribution < 1.29 is 9.41 Å². The maximum atomic E-state index is 5.88. The first-order valence-corrected chi connectivity index (χ1v) is 5.79. The average Bonchev–Trinajstić information content (AvgIpc) is 2.63. The molecule has 1 aromatic carbocycles. The normalized spacial score (nSPS) is 13.4. The minimum absolute atomic E-state index is 0.743. The minimum atomic E-state index is 0.743. The summed E-state index contributed by atoms with van der Waals surface area (Å²) in [6.07, 6.45) is 0. The van der Waals surface area contributed by atoms with Crippen LogP contribution in [0.25, 0.3) is 0 Å². The first-order chi connectivity index (χ1) is 8.50. The van der Waals surface area contributed by atoms with Gasteiger partial charge in [-0.3, -0.25) is 9.85 Å². The van der Waals surface area contributed by atoms with Crippen molar-refractivity contribution in [3.8, 4) is 0 Å². The Morgan fingerprint density at radius 2 is 1.83 bits per heavy atom. The molecule has 0 bridgehead atoms. The van der Waals surface area contributed by atoms with Gasteiger partial charge >= 0.3 is 6.02 Å². The van der Waals surface area contributed by atoms with Crippen molar-refractivity contribution in [1.82, 2.24) is 10.4 Å². The Hall–Kier alpha value is -1.95. The fourth-order valence-electron chi connectivity index (χ4n) is 1.88. The summed E-state index contributed by atoms with van der Waals surface area (Å²) in [5.74, 6) is 0. The van der Waals surface area contributed by atoms with Gasteiger partial charge in [0.25, 0.3) is 0 Å². The van der Waals surface area contributed by atoms with Crippen molar-refractivity contribution in [3.05, 3.63) is 24.3 Å². The second kappa shape index (κ2) is 4.73. The molecule has 0 radical (unpaired) electrons. The second-order valence-corrected chi connectivity index (χ2v) is 4.60. The number of nitrogens with one attached hydrogen (secondary N) is 1. The maximum Gasteiger partial charge on any atom is 0.471 e. The molecule has 98 valence electrons. The predicted octanol–water partition coefficient (Wildman–Crippen LogP) is 0.484. The molecule has 18 heavy (non-hydrogen) atoms. The van der Waals surface area contributed by atoms with Gasteiger partial charge in [-0.15, -0.1) is 10.7 Å². The zero-order valence-electron chi connectivity index (χ0n) is 11.5. The lowest BCUT2D eigenvalue weighted by Gasteiger charge is -2.20. The van der Waals surface area contributed by atoms with E-state index in [2.05, 4.69) is 5.53 Å². The first kappa shape index (κ1) is 12.5. The molecule has 1 aliphatic heterocycles. The fraction of sp³-hybridized carbons (Fsp3) is 0.417. The molecule has 0 aromatic heterocycles. The molecule has 0 unspecified atom stereocenters. The van der Waals surface area contributed by atoms with Crippen LogP contribution in [0, 0.1) is 0 Å². The molecule has 0 atom stereocenters. The number of anilines is 2. The Morgan fingerprint density at radius 1 is 1.22 bits per heavy atom. The molecule has 1 heterocycles. The number of benzene rings is 1. The van der Waals surface area contributed by atoms with Gasteiger partial charge in [-0.25, -0.2) is 9.48 Å². The van der Waals surface area contributed by atoms with Crippen molar-refractivity contribution in [3.63, 3.8) is 0 Å². The first-order valence-electron chi connectivity index (χ1n) is 5.79. The molecule has 0 saturated carbocycles. The fourth-order valence-corrected chi connectivity index (χ4v) is 1.88. The molecule has 0 saturated heterocycles. The lowest BCUT2D eigenvalue weighted by Crippen LogP contribution is -2.47. The van der Waals surface area contributed by atoms with Gasteiger partial charge in [-0.2, -0.15) is 0 Å². The Labute approximate surface area is 108 Å². The van der Waals surface area contributed by atoms with Crippen LogP contribution in [0.5, 0.6) is 0 Å². The Balaban J connectivity index is 2.25. The van der Waals surface area contributed by atoms with Crippen molar-refractivity contribution in [2.75, 3.05) is 45.4 Å². The Bertz CT molecular complexity index is 467. The summed E-state index contributed by atoms with van der Waals surface area (Å²) in [6, 6.07) is 8.78. The van der Waals surface area contributed by atoms with Gasteiger partial charge in [0.05, 0.1) is 33.9 Å². The lowest BCUT2D eigenvalue weighted by atomic mass is 10.3.